The summed E-state index contributed by atoms with van der Waals surface area (Å²) in [6.07, 6.45) is 9.94. The molecule has 1 heterocycles. The number of hydrogen-bond donors (Lipinski definition) is 0. The summed E-state index contributed by atoms with van der Waals surface area (Å²) in [5, 5.41) is 0. The Balaban J connectivity index is 0.000000528. The molecule has 4 rings (SSSR count). The van der Waals surface area contributed by atoms with E-state index in [4.69, 9.17) is 4.99 Å². The van der Waals surface area contributed by atoms with Gasteiger partial charge in [0.05, 0.1) is 5.54 Å². The maximum atomic E-state index is 4.96. The Morgan fingerprint density at radius 3 is 2.42 bits per heavy atom. The maximum Gasteiger partial charge on any atom is 0.132 e. The molecule has 1 saturated carbocycles. The number of aliphatic imine (C=N–C) groups is 1. The predicted octanol–water partition coefficient (Wildman–Crippen LogP) is 3.41. The van der Waals surface area contributed by atoms with Crippen molar-refractivity contribution in [1.29, 1.82) is 0 Å². The molecule has 1 aromatic carbocycles. The van der Waals surface area contributed by atoms with Crippen LogP contribution in [0.4, 0.5) is 0 Å². The minimum atomic E-state index is 0.0294. The van der Waals surface area contributed by atoms with E-state index in [1.54, 1.807) is 0 Å². The molecule has 0 radical (unpaired) electrons. The quantitative estimate of drug-likeness (QED) is 0.748. The lowest BCUT2D eigenvalue weighted by molar-refractivity contribution is 0.409. The van der Waals surface area contributed by atoms with E-state index in [-0.39, 0.29) is 11.1 Å². The van der Waals surface area contributed by atoms with Crippen LogP contribution in [0, 0.1) is 0 Å². The third-order valence-corrected chi connectivity index (χ3v) is 4.27. The fourth-order valence-corrected chi connectivity index (χ4v) is 3.20. The van der Waals surface area contributed by atoms with Crippen molar-refractivity contribution in [3.63, 3.8) is 0 Å². The minimum Gasteiger partial charge on any atom is -0.347 e. The molecule has 2 heteroatoms. The lowest BCUT2D eigenvalue weighted by Gasteiger charge is -2.25. The molecule has 1 fully saturated rings. The van der Waals surface area contributed by atoms with Gasteiger partial charge < -0.3 is 4.90 Å². The predicted molar refractivity (Wildman–Crippen MR) is 80.4 cm³/mol. The van der Waals surface area contributed by atoms with Crippen LogP contribution in [0.2, 0.25) is 0 Å². The highest BCUT2D eigenvalue weighted by atomic mass is 15.4. The van der Waals surface area contributed by atoms with Gasteiger partial charge in [0.25, 0.3) is 0 Å². The lowest BCUT2D eigenvalue weighted by Crippen LogP contribution is -2.37. The van der Waals surface area contributed by atoms with Crippen LogP contribution in [-0.4, -0.2) is 28.9 Å². The molecule has 0 aromatic heterocycles. The first-order valence-corrected chi connectivity index (χ1v) is 7.04. The van der Waals surface area contributed by atoms with Crippen LogP contribution in [0.15, 0.2) is 59.6 Å². The van der Waals surface area contributed by atoms with E-state index in [0.29, 0.717) is 0 Å². The zero-order valence-corrected chi connectivity index (χ0v) is 11.8. The van der Waals surface area contributed by atoms with Crippen LogP contribution >= 0.6 is 0 Å². The molecule has 0 bridgehead atoms. The molecule has 0 N–H and O–H groups in total. The van der Waals surface area contributed by atoms with Crippen molar-refractivity contribution in [3.05, 3.63) is 60.2 Å². The van der Waals surface area contributed by atoms with E-state index in [0.717, 1.165) is 12.3 Å². The molecule has 1 aromatic rings. The van der Waals surface area contributed by atoms with Crippen molar-refractivity contribution < 1.29 is 0 Å². The number of allylic oxidation sites excluding steroid dienone is 2. The third-order valence-electron chi connectivity index (χ3n) is 4.27. The average molecular weight is 252 g/mol. The van der Waals surface area contributed by atoms with Gasteiger partial charge in [-0.1, -0.05) is 68.5 Å². The Morgan fingerprint density at radius 1 is 1.05 bits per heavy atom. The van der Waals surface area contributed by atoms with Crippen molar-refractivity contribution in [1.82, 2.24) is 4.90 Å². The van der Waals surface area contributed by atoms with Gasteiger partial charge in [0.15, 0.2) is 0 Å². The minimum absolute atomic E-state index is 0.0294. The molecular formula is C17H20N2. The molecule has 0 spiro atoms. The van der Waals surface area contributed by atoms with E-state index < -0.39 is 0 Å². The Kier molecular flexibility index (Phi) is 2.63. The normalized spacial score (nSPS) is 33.0. The number of nitrogens with zero attached hydrogens (tertiary/aromatic N) is 2. The van der Waals surface area contributed by atoms with E-state index in [9.17, 15) is 0 Å². The van der Waals surface area contributed by atoms with Crippen LogP contribution in [0.25, 0.3) is 0 Å². The molecule has 19 heavy (non-hydrogen) atoms. The molecular weight excluding hydrogens is 232 g/mol. The van der Waals surface area contributed by atoms with Gasteiger partial charge in [-0.05, 0) is 0 Å². The SMILES string of the molecule is CC.CN1C(c2ccccc2)=NC23C=CC=CC12C3. The van der Waals surface area contributed by atoms with Gasteiger partial charge in [-0.3, -0.25) is 4.99 Å². The van der Waals surface area contributed by atoms with Crippen LogP contribution < -0.4 is 0 Å². The summed E-state index contributed by atoms with van der Waals surface area (Å²) in [5.41, 5.74) is 1.37. The standard InChI is InChI=1S/C15H14N2.C2H6/c1-17-13(12-7-3-2-4-8-12)16-14-9-5-6-10-15(14,17)11-14;1-2/h2-10H,11H2,1H3;1-2H3. The summed E-state index contributed by atoms with van der Waals surface area (Å²) in [5.74, 6) is 1.12. The molecule has 0 saturated heterocycles. The second-order valence-electron chi connectivity index (χ2n) is 5.10. The number of hydrogen-bond acceptors (Lipinski definition) is 2. The number of benzene rings is 1. The number of amidine groups is 1. The van der Waals surface area contributed by atoms with Gasteiger partial charge in [-0.25, -0.2) is 0 Å². The molecule has 1 aliphatic heterocycles. The van der Waals surface area contributed by atoms with Gasteiger partial charge in [0.1, 0.15) is 11.4 Å². The Bertz CT molecular complexity index is 570. The summed E-state index contributed by atoms with van der Waals surface area (Å²) in [6.45, 7) is 4.00. The highest BCUT2D eigenvalue weighted by Gasteiger charge is 2.72. The fraction of sp³-hybridized carbons (Fsp3) is 0.353. The van der Waals surface area contributed by atoms with Gasteiger partial charge in [-0.2, -0.15) is 0 Å². The average Bonchev–Trinajstić information content (AvgIpc) is 3.10. The second kappa shape index (κ2) is 4.09. The van der Waals surface area contributed by atoms with E-state index >= 15 is 0 Å². The summed E-state index contributed by atoms with van der Waals surface area (Å²) < 4.78 is 0. The van der Waals surface area contributed by atoms with Gasteiger partial charge >= 0.3 is 0 Å². The first-order chi connectivity index (χ1) is 9.28. The molecule has 2 nitrogen and oxygen atoms in total. The first-order valence-electron chi connectivity index (χ1n) is 7.04. The van der Waals surface area contributed by atoms with Crippen molar-refractivity contribution in [2.24, 2.45) is 4.99 Å². The lowest BCUT2D eigenvalue weighted by atomic mass is 10.0. The summed E-state index contributed by atoms with van der Waals surface area (Å²) >= 11 is 0. The number of rotatable bonds is 1. The second-order valence-corrected chi connectivity index (χ2v) is 5.10. The summed E-state index contributed by atoms with van der Waals surface area (Å²) in [7, 11) is 2.16. The zero-order chi connectivity index (χ0) is 13.5. The Hall–Kier alpha value is -1.83. The Labute approximate surface area is 115 Å². The molecule has 3 aliphatic rings. The van der Waals surface area contributed by atoms with E-state index in [1.165, 1.54) is 5.56 Å². The van der Waals surface area contributed by atoms with Crippen LogP contribution in [0.3, 0.4) is 0 Å². The molecule has 2 aliphatic carbocycles. The number of likely N-dealkylation sites (N-methyl/N-ethyl adjacent to an activating group) is 1. The summed E-state index contributed by atoms with van der Waals surface area (Å²) in [6, 6.07) is 10.4. The van der Waals surface area contributed by atoms with Crippen molar-refractivity contribution in [2.45, 2.75) is 31.3 Å². The first kappa shape index (κ1) is 12.2. The van der Waals surface area contributed by atoms with E-state index in [1.807, 2.05) is 19.9 Å². The van der Waals surface area contributed by atoms with Crippen molar-refractivity contribution >= 4 is 5.84 Å². The summed E-state index contributed by atoms with van der Waals surface area (Å²) in [4.78, 5) is 7.30. The third kappa shape index (κ3) is 1.46. The van der Waals surface area contributed by atoms with Crippen LogP contribution in [-0.2, 0) is 0 Å². The topological polar surface area (TPSA) is 15.6 Å². The van der Waals surface area contributed by atoms with Gasteiger partial charge in [0, 0.05) is 19.0 Å². The molecule has 98 valence electrons. The zero-order valence-electron chi connectivity index (χ0n) is 11.8. The Morgan fingerprint density at radius 2 is 1.74 bits per heavy atom. The molecule has 0 amide bonds. The largest absolute Gasteiger partial charge is 0.347 e. The van der Waals surface area contributed by atoms with Gasteiger partial charge in [-0.15, -0.1) is 0 Å². The fourth-order valence-electron chi connectivity index (χ4n) is 3.20. The maximum absolute atomic E-state index is 4.96. The monoisotopic (exact) mass is 252 g/mol. The van der Waals surface area contributed by atoms with E-state index in [2.05, 4.69) is 60.5 Å². The van der Waals surface area contributed by atoms with Crippen molar-refractivity contribution in [3.8, 4) is 0 Å². The highest BCUT2D eigenvalue weighted by Crippen LogP contribution is 2.62. The highest BCUT2D eigenvalue weighted by molar-refractivity contribution is 6.03. The van der Waals surface area contributed by atoms with Crippen LogP contribution in [0.5, 0.6) is 0 Å². The van der Waals surface area contributed by atoms with Crippen LogP contribution in [0.1, 0.15) is 25.8 Å². The smallest absolute Gasteiger partial charge is 0.132 e. The molecule has 2 unspecified atom stereocenters. The molecule has 2 atom stereocenters. The van der Waals surface area contributed by atoms with Crippen molar-refractivity contribution in [2.75, 3.05) is 7.05 Å². The van der Waals surface area contributed by atoms with Gasteiger partial charge in [0.2, 0.25) is 0 Å².